The summed E-state index contributed by atoms with van der Waals surface area (Å²) in [6, 6.07) is 9.28. The molecule has 1 aliphatic heterocycles. The van der Waals surface area contributed by atoms with Gasteiger partial charge >= 0.3 is 0 Å². The summed E-state index contributed by atoms with van der Waals surface area (Å²) in [5, 5.41) is 4.88. The number of nitrogens with zero attached hydrogens (tertiary/aromatic N) is 4. The zero-order valence-electron chi connectivity index (χ0n) is 28.1. The molecule has 1 fully saturated rings. The number of carbonyl (C=O) groups excluding carboxylic acids is 2. The Morgan fingerprint density at radius 3 is 2.29 bits per heavy atom. The quantitative estimate of drug-likeness (QED) is 0.0988. The van der Waals surface area contributed by atoms with Gasteiger partial charge in [0.05, 0.1) is 11.6 Å². The second-order valence-electron chi connectivity index (χ2n) is 11.7. The molecule has 4 aromatic rings. The standard InChI is InChI=1S/C36H37ClF4N6O4/c1-3-47(4-2)35(49)22-9-11-30(26(37)17-22)51-34-25(33(48)44-32-28(40)18-23(38)19-29(32)41)21-42-36(45-34)43-24-10-12-31(27(39)20-24)50-16-8-15-46-13-6-5-7-14-46/h9-12,17-21H,3-8,13-16H2,1-2H3,(H,44,48)(H,42,43,45). The number of hydrogen-bond donors (Lipinski definition) is 2. The number of carbonyl (C=O) groups is 2. The lowest BCUT2D eigenvalue weighted by Gasteiger charge is -2.26. The zero-order valence-corrected chi connectivity index (χ0v) is 28.8. The van der Waals surface area contributed by atoms with Crippen molar-refractivity contribution in [3.8, 4) is 17.4 Å². The van der Waals surface area contributed by atoms with E-state index >= 15 is 0 Å². The van der Waals surface area contributed by atoms with E-state index in [0.29, 0.717) is 31.8 Å². The van der Waals surface area contributed by atoms with Crippen molar-refractivity contribution in [3.05, 3.63) is 94.1 Å². The molecule has 5 rings (SSSR count). The first-order valence-electron chi connectivity index (χ1n) is 16.6. The van der Waals surface area contributed by atoms with E-state index in [-0.39, 0.29) is 45.2 Å². The van der Waals surface area contributed by atoms with Crippen LogP contribution in [0.2, 0.25) is 5.02 Å². The van der Waals surface area contributed by atoms with Gasteiger partial charge in [0.2, 0.25) is 11.8 Å². The van der Waals surface area contributed by atoms with E-state index in [1.165, 1.54) is 49.6 Å². The fourth-order valence-electron chi connectivity index (χ4n) is 5.49. The van der Waals surface area contributed by atoms with Crippen molar-refractivity contribution in [3.63, 3.8) is 0 Å². The second-order valence-corrected chi connectivity index (χ2v) is 12.1. The number of piperidine rings is 1. The number of benzene rings is 3. The van der Waals surface area contributed by atoms with Gasteiger partial charge in [0, 0.05) is 55.3 Å². The van der Waals surface area contributed by atoms with Crippen LogP contribution in [0.25, 0.3) is 0 Å². The summed E-state index contributed by atoms with van der Waals surface area (Å²) in [5.74, 6) is -6.35. The van der Waals surface area contributed by atoms with Gasteiger partial charge < -0.3 is 29.9 Å². The minimum atomic E-state index is -1.35. The van der Waals surface area contributed by atoms with Crippen molar-refractivity contribution in [2.24, 2.45) is 0 Å². The maximum absolute atomic E-state index is 15.0. The third-order valence-corrected chi connectivity index (χ3v) is 8.49. The van der Waals surface area contributed by atoms with Gasteiger partial charge in [-0.25, -0.2) is 22.5 Å². The number of hydrogen-bond acceptors (Lipinski definition) is 8. The number of anilines is 3. The summed E-state index contributed by atoms with van der Waals surface area (Å²) >= 11 is 6.47. The summed E-state index contributed by atoms with van der Waals surface area (Å²) in [7, 11) is 0. The van der Waals surface area contributed by atoms with Crippen molar-refractivity contribution >= 4 is 40.7 Å². The van der Waals surface area contributed by atoms with Crippen molar-refractivity contribution in [1.29, 1.82) is 0 Å². The zero-order chi connectivity index (χ0) is 36.5. The maximum Gasteiger partial charge on any atom is 0.262 e. The molecule has 0 saturated carbocycles. The summed E-state index contributed by atoms with van der Waals surface area (Å²) in [6.07, 6.45) is 5.40. The molecule has 0 bridgehead atoms. The van der Waals surface area contributed by atoms with E-state index in [0.717, 1.165) is 32.3 Å². The first-order valence-corrected chi connectivity index (χ1v) is 16.9. The molecule has 2 amide bonds. The molecule has 0 spiro atoms. The van der Waals surface area contributed by atoms with E-state index < -0.39 is 40.7 Å². The molecule has 51 heavy (non-hydrogen) atoms. The Balaban J connectivity index is 1.36. The monoisotopic (exact) mass is 728 g/mol. The van der Waals surface area contributed by atoms with Gasteiger partial charge in [-0.2, -0.15) is 4.98 Å². The van der Waals surface area contributed by atoms with Gasteiger partial charge in [0.25, 0.3) is 11.8 Å². The predicted octanol–water partition coefficient (Wildman–Crippen LogP) is 8.21. The first kappa shape index (κ1) is 37.3. The number of halogens is 5. The van der Waals surface area contributed by atoms with Crippen molar-refractivity contribution in [2.45, 2.75) is 39.5 Å². The Hall–Kier alpha value is -4.95. The van der Waals surface area contributed by atoms with Gasteiger partial charge in [-0.05, 0) is 76.5 Å². The average Bonchev–Trinajstić information content (AvgIpc) is 3.11. The summed E-state index contributed by atoms with van der Waals surface area (Å²) < 4.78 is 68.7. The Kier molecular flexibility index (Phi) is 12.7. The number of likely N-dealkylation sites (tertiary alicyclic amines) is 1. The van der Waals surface area contributed by atoms with Gasteiger partial charge in [-0.3, -0.25) is 9.59 Å². The first-order chi connectivity index (χ1) is 24.6. The lowest BCUT2D eigenvalue weighted by atomic mass is 10.1. The van der Waals surface area contributed by atoms with Crippen molar-refractivity contribution < 1.29 is 36.6 Å². The smallest absolute Gasteiger partial charge is 0.262 e. The van der Waals surface area contributed by atoms with Crippen LogP contribution in [-0.2, 0) is 0 Å². The highest BCUT2D eigenvalue weighted by molar-refractivity contribution is 6.32. The van der Waals surface area contributed by atoms with Gasteiger partial charge in [-0.15, -0.1) is 0 Å². The summed E-state index contributed by atoms with van der Waals surface area (Å²) in [4.78, 5) is 38.4. The van der Waals surface area contributed by atoms with Gasteiger partial charge in [0.15, 0.2) is 23.2 Å². The summed E-state index contributed by atoms with van der Waals surface area (Å²) in [6.45, 7) is 8.01. The largest absolute Gasteiger partial charge is 0.490 e. The average molecular weight is 729 g/mol. The van der Waals surface area contributed by atoms with Crippen LogP contribution in [0.5, 0.6) is 17.4 Å². The fourth-order valence-corrected chi connectivity index (χ4v) is 5.71. The van der Waals surface area contributed by atoms with Crippen LogP contribution in [0.1, 0.15) is 60.2 Å². The lowest BCUT2D eigenvalue weighted by molar-refractivity contribution is 0.0772. The molecule has 0 atom stereocenters. The molecule has 10 nitrogen and oxygen atoms in total. The number of ether oxygens (including phenoxy) is 2. The highest BCUT2D eigenvalue weighted by atomic mass is 35.5. The Labute approximate surface area is 297 Å². The van der Waals surface area contributed by atoms with Crippen molar-refractivity contribution in [1.82, 2.24) is 19.8 Å². The maximum atomic E-state index is 15.0. The molecule has 2 heterocycles. The number of nitrogens with one attached hydrogen (secondary N) is 2. The molecule has 270 valence electrons. The molecule has 1 saturated heterocycles. The number of rotatable bonds is 14. The van der Waals surface area contributed by atoms with Crippen LogP contribution in [0.4, 0.5) is 34.9 Å². The molecule has 1 aromatic heterocycles. The molecule has 3 aromatic carbocycles. The summed E-state index contributed by atoms with van der Waals surface area (Å²) in [5.41, 5.74) is -0.763. The van der Waals surface area contributed by atoms with Crippen LogP contribution in [0, 0.1) is 23.3 Å². The van der Waals surface area contributed by atoms with E-state index in [1.54, 1.807) is 11.0 Å². The normalized spacial score (nSPS) is 13.1. The number of aromatic nitrogens is 2. The molecule has 0 unspecified atom stereocenters. The van der Waals surface area contributed by atoms with Gasteiger partial charge in [0.1, 0.15) is 22.8 Å². The van der Waals surface area contributed by atoms with E-state index in [9.17, 15) is 27.2 Å². The molecule has 0 aliphatic carbocycles. The number of amides is 2. The Morgan fingerprint density at radius 1 is 0.922 bits per heavy atom. The van der Waals surface area contributed by atoms with Crippen LogP contribution in [0.15, 0.2) is 54.7 Å². The van der Waals surface area contributed by atoms with Crippen molar-refractivity contribution in [2.75, 3.05) is 50.0 Å². The van der Waals surface area contributed by atoms with Crippen LogP contribution < -0.4 is 20.1 Å². The van der Waals surface area contributed by atoms with Crippen LogP contribution in [-0.4, -0.2) is 70.9 Å². The third kappa shape index (κ3) is 9.64. The molecular formula is C36H37ClF4N6O4. The van der Waals surface area contributed by atoms with Gasteiger partial charge in [-0.1, -0.05) is 18.0 Å². The minimum absolute atomic E-state index is 0.00306. The lowest BCUT2D eigenvalue weighted by Crippen LogP contribution is -2.31. The topological polar surface area (TPSA) is 109 Å². The molecule has 2 N–H and O–H groups in total. The van der Waals surface area contributed by atoms with E-state index in [1.807, 2.05) is 19.2 Å². The Morgan fingerprint density at radius 2 is 1.63 bits per heavy atom. The van der Waals surface area contributed by atoms with E-state index in [2.05, 4.69) is 20.2 Å². The SMILES string of the molecule is CCN(CC)C(=O)c1ccc(Oc2nc(Nc3ccc(OCCCN4CCCCC4)c(F)c3)ncc2C(=O)Nc2c(F)cc(F)cc2F)c(Cl)c1. The molecular weight excluding hydrogens is 692 g/mol. The van der Waals surface area contributed by atoms with E-state index in [4.69, 9.17) is 21.1 Å². The fraction of sp³-hybridized carbons (Fsp3) is 0.333. The molecule has 15 heteroatoms. The molecule has 0 radical (unpaired) electrons. The van der Waals surface area contributed by atoms with Crippen LogP contribution in [0.3, 0.4) is 0 Å². The highest BCUT2D eigenvalue weighted by Crippen LogP contribution is 2.33. The highest BCUT2D eigenvalue weighted by Gasteiger charge is 2.23. The predicted molar refractivity (Wildman–Crippen MR) is 185 cm³/mol. The van der Waals surface area contributed by atoms with Crippen LogP contribution >= 0.6 is 11.6 Å². The third-order valence-electron chi connectivity index (χ3n) is 8.19. The second kappa shape index (κ2) is 17.3. The minimum Gasteiger partial charge on any atom is -0.490 e. The Bertz CT molecular complexity index is 1850. The molecule has 1 aliphatic rings.